The highest BCUT2D eigenvalue weighted by molar-refractivity contribution is 9.10. The van der Waals surface area contributed by atoms with Crippen LogP contribution in [0.5, 0.6) is 0 Å². The van der Waals surface area contributed by atoms with E-state index >= 15 is 0 Å². The molecule has 0 heterocycles. The van der Waals surface area contributed by atoms with Crippen LogP contribution in [0.2, 0.25) is 0 Å². The first-order chi connectivity index (χ1) is 12.5. The van der Waals surface area contributed by atoms with Crippen molar-refractivity contribution in [3.8, 4) is 0 Å². The van der Waals surface area contributed by atoms with Crippen LogP contribution < -0.4 is 10.9 Å². The van der Waals surface area contributed by atoms with Gasteiger partial charge in [0.25, 0.3) is 11.6 Å². The molecule has 2 amide bonds. The number of nitro groups is 1. The molecule has 2 rings (SSSR count). The number of nitrogens with one attached hydrogen (secondary N) is 2. The number of nitrogens with zero attached hydrogens (tertiary/aromatic N) is 1. The van der Waals surface area contributed by atoms with E-state index in [1.54, 1.807) is 0 Å². The molecule has 0 atom stereocenters. The second kappa shape index (κ2) is 9.67. The fourth-order valence-electron chi connectivity index (χ4n) is 2.29. The molecular formula is C18H18BrN3O4. The van der Waals surface area contributed by atoms with Crippen molar-refractivity contribution in [3.63, 3.8) is 0 Å². The fourth-order valence-corrected chi connectivity index (χ4v) is 2.55. The summed E-state index contributed by atoms with van der Waals surface area (Å²) in [6.45, 7) is 0. The van der Waals surface area contributed by atoms with E-state index in [0.717, 1.165) is 23.4 Å². The Labute approximate surface area is 159 Å². The van der Waals surface area contributed by atoms with Gasteiger partial charge >= 0.3 is 0 Å². The van der Waals surface area contributed by atoms with Crippen molar-refractivity contribution in [2.24, 2.45) is 0 Å². The van der Waals surface area contributed by atoms with Gasteiger partial charge in [-0.25, -0.2) is 0 Å². The molecule has 0 aliphatic rings. The number of benzene rings is 2. The van der Waals surface area contributed by atoms with Gasteiger partial charge in [0.15, 0.2) is 0 Å². The smallest absolute Gasteiger partial charge is 0.270 e. The number of rotatable bonds is 7. The van der Waals surface area contributed by atoms with Gasteiger partial charge < -0.3 is 0 Å². The molecule has 0 spiro atoms. The Kier molecular flexibility index (Phi) is 7.28. The zero-order valence-corrected chi connectivity index (χ0v) is 15.5. The maximum Gasteiger partial charge on any atom is 0.270 e. The van der Waals surface area contributed by atoms with Gasteiger partial charge in [-0.05, 0) is 43.0 Å². The van der Waals surface area contributed by atoms with Crippen LogP contribution in [-0.2, 0) is 11.2 Å². The van der Waals surface area contributed by atoms with E-state index < -0.39 is 10.8 Å². The Morgan fingerprint density at radius 1 is 1.04 bits per heavy atom. The summed E-state index contributed by atoms with van der Waals surface area (Å²) >= 11 is 3.38. The second-order valence-electron chi connectivity index (χ2n) is 5.64. The van der Waals surface area contributed by atoms with Gasteiger partial charge in [-0.3, -0.25) is 30.6 Å². The summed E-state index contributed by atoms with van der Waals surface area (Å²) in [5.41, 5.74) is 5.71. The number of hydrogen-bond donors (Lipinski definition) is 2. The van der Waals surface area contributed by atoms with Gasteiger partial charge in [0.2, 0.25) is 5.91 Å². The normalized spacial score (nSPS) is 10.2. The molecule has 0 fully saturated rings. The predicted octanol–water partition coefficient (Wildman–Crippen LogP) is 3.53. The molecule has 2 aromatic rings. The van der Waals surface area contributed by atoms with Crippen molar-refractivity contribution in [2.75, 3.05) is 0 Å². The molecule has 0 saturated carbocycles. The number of halogens is 1. The predicted molar refractivity (Wildman–Crippen MR) is 100 cm³/mol. The summed E-state index contributed by atoms with van der Waals surface area (Å²) in [4.78, 5) is 33.8. The first-order valence-electron chi connectivity index (χ1n) is 8.04. The van der Waals surface area contributed by atoms with E-state index in [1.165, 1.54) is 23.8 Å². The number of carbonyl (C=O) groups excluding carboxylic acids is 2. The van der Waals surface area contributed by atoms with Gasteiger partial charge in [0.05, 0.1) is 4.92 Å². The number of aryl methyl sites for hydroxylation is 1. The average molecular weight is 420 g/mol. The maximum absolute atomic E-state index is 11.9. The Bertz CT molecular complexity index is 793. The van der Waals surface area contributed by atoms with E-state index in [9.17, 15) is 19.7 Å². The molecule has 0 aliphatic heterocycles. The van der Waals surface area contributed by atoms with Gasteiger partial charge in [-0.2, -0.15) is 0 Å². The zero-order valence-electron chi connectivity index (χ0n) is 13.9. The van der Waals surface area contributed by atoms with Crippen LogP contribution in [0.15, 0.2) is 53.0 Å². The van der Waals surface area contributed by atoms with Gasteiger partial charge in [0.1, 0.15) is 0 Å². The summed E-state index contributed by atoms with van der Waals surface area (Å²) in [6.07, 6.45) is 2.70. The lowest BCUT2D eigenvalue weighted by atomic mass is 10.1. The molecule has 8 heteroatoms. The van der Waals surface area contributed by atoms with Crippen molar-refractivity contribution >= 4 is 33.4 Å². The molecule has 2 N–H and O–H groups in total. The lowest BCUT2D eigenvalue weighted by Crippen LogP contribution is -2.41. The van der Waals surface area contributed by atoms with E-state index in [0.29, 0.717) is 6.42 Å². The fraction of sp³-hybridized carbons (Fsp3) is 0.222. The number of hydrogen-bond acceptors (Lipinski definition) is 4. The first-order valence-corrected chi connectivity index (χ1v) is 8.83. The zero-order chi connectivity index (χ0) is 18.9. The lowest BCUT2D eigenvalue weighted by molar-refractivity contribution is -0.384. The minimum atomic E-state index is -0.600. The molecule has 136 valence electrons. The third-order valence-corrected chi connectivity index (χ3v) is 4.20. The topological polar surface area (TPSA) is 101 Å². The van der Waals surface area contributed by atoms with Gasteiger partial charge in [-0.1, -0.05) is 34.1 Å². The second-order valence-corrected chi connectivity index (χ2v) is 6.56. The van der Waals surface area contributed by atoms with Crippen LogP contribution in [-0.4, -0.2) is 16.7 Å². The lowest BCUT2D eigenvalue weighted by Gasteiger charge is -2.07. The molecule has 0 aromatic heterocycles. The number of carbonyl (C=O) groups is 2. The van der Waals surface area contributed by atoms with Crippen LogP contribution in [0.25, 0.3) is 0 Å². The molecule has 2 aromatic carbocycles. The Balaban J connectivity index is 1.69. The third-order valence-electron chi connectivity index (χ3n) is 3.67. The highest BCUT2D eigenvalue weighted by atomic mass is 79.9. The molecule has 26 heavy (non-hydrogen) atoms. The monoisotopic (exact) mass is 419 g/mol. The molecule has 7 nitrogen and oxygen atoms in total. The molecule has 0 unspecified atom stereocenters. The van der Waals surface area contributed by atoms with Crippen LogP contribution in [0.4, 0.5) is 5.69 Å². The number of amides is 2. The van der Waals surface area contributed by atoms with Crippen LogP contribution >= 0.6 is 15.9 Å². The largest absolute Gasteiger partial charge is 0.273 e. The van der Waals surface area contributed by atoms with E-state index in [1.807, 2.05) is 24.3 Å². The molecular weight excluding hydrogens is 402 g/mol. The number of non-ortho nitro benzene ring substituents is 1. The maximum atomic E-state index is 11.9. The van der Waals surface area contributed by atoms with Crippen molar-refractivity contribution in [3.05, 3.63) is 74.2 Å². The van der Waals surface area contributed by atoms with Crippen LogP contribution in [0.1, 0.15) is 35.2 Å². The van der Waals surface area contributed by atoms with Crippen molar-refractivity contribution < 1.29 is 14.5 Å². The van der Waals surface area contributed by atoms with Crippen LogP contribution in [0, 0.1) is 10.1 Å². The molecule has 0 radical (unpaired) electrons. The summed E-state index contributed by atoms with van der Waals surface area (Å²) < 4.78 is 1.03. The van der Waals surface area contributed by atoms with Gasteiger partial charge in [-0.15, -0.1) is 0 Å². The van der Waals surface area contributed by atoms with Crippen molar-refractivity contribution in [1.29, 1.82) is 0 Å². The standard InChI is InChI=1S/C18H18BrN3O4/c19-15-10-8-13(9-11-15)4-1-2-7-17(23)20-21-18(24)14-5-3-6-16(12-14)22(25)26/h3,5-6,8-12H,1-2,4,7H2,(H,20,23)(H,21,24). The summed E-state index contributed by atoms with van der Waals surface area (Å²) in [7, 11) is 0. The number of hydrazine groups is 1. The third kappa shape index (κ3) is 6.29. The van der Waals surface area contributed by atoms with E-state index in [2.05, 4.69) is 26.8 Å². The first kappa shape index (κ1) is 19.6. The van der Waals surface area contributed by atoms with E-state index in [-0.39, 0.29) is 23.6 Å². The van der Waals surface area contributed by atoms with Crippen molar-refractivity contribution in [1.82, 2.24) is 10.9 Å². The highest BCUT2D eigenvalue weighted by Gasteiger charge is 2.12. The SMILES string of the molecule is O=C(CCCCc1ccc(Br)cc1)NNC(=O)c1cccc([N+](=O)[O-])c1. The molecule has 0 saturated heterocycles. The van der Waals surface area contributed by atoms with Crippen LogP contribution in [0.3, 0.4) is 0 Å². The Morgan fingerprint density at radius 2 is 1.77 bits per heavy atom. The number of nitro benzene ring substituents is 1. The highest BCUT2D eigenvalue weighted by Crippen LogP contribution is 2.13. The van der Waals surface area contributed by atoms with Gasteiger partial charge in [0, 0.05) is 28.6 Å². The summed E-state index contributed by atoms with van der Waals surface area (Å²) in [6, 6.07) is 13.3. The quantitative estimate of drug-likeness (QED) is 0.407. The Hall–Kier alpha value is -2.74. The summed E-state index contributed by atoms with van der Waals surface area (Å²) in [5, 5.41) is 10.7. The average Bonchev–Trinajstić information content (AvgIpc) is 2.64. The number of unbranched alkanes of at least 4 members (excludes halogenated alkanes) is 1. The van der Waals surface area contributed by atoms with E-state index in [4.69, 9.17) is 0 Å². The molecule has 0 bridgehead atoms. The minimum absolute atomic E-state index is 0.106. The molecule has 0 aliphatic carbocycles. The van der Waals surface area contributed by atoms with Crippen molar-refractivity contribution in [2.45, 2.75) is 25.7 Å². The minimum Gasteiger partial charge on any atom is -0.273 e. The Morgan fingerprint density at radius 3 is 2.46 bits per heavy atom. The summed E-state index contributed by atoms with van der Waals surface area (Å²) in [5.74, 6) is -0.906.